The average molecular weight is 284 g/mol. The number of methoxy groups -OCH3 is 1. The largest absolute Gasteiger partial charge is 0.497 e. The summed E-state index contributed by atoms with van der Waals surface area (Å²) in [5.41, 5.74) is 1.81. The number of carbonyl (C=O) groups excluding carboxylic acids is 1. The van der Waals surface area contributed by atoms with Crippen LogP contribution >= 0.6 is 23.7 Å². The van der Waals surface area contributed by atoms with Crippen LogP contribution in [0.4, 0.5) is 0 Å². The Hall–Kier alpha value is -1.39. The van der Waals surface area contributed by atoms with Crippen LogP contribution in [-0.2, 0) is 0 Å². The number of hydrogen-bond acceptors (Lipinski definition) is 4. The van der Waals surface area contributed by atoms with Gasteiger partial charge in [0.05, 0.1) is 17.7 Å². The number of benzene rings is 1. The minimum atomic E-state index is 0. The summed E-state index contributed by atoms with van der Waals surface area (Å²) < 4.78 is 5.10. The van der Waals surface area contributed by atoms with Crippen LogP contribution in [0.1, 0.15) is 22.3 Å². The van der Waals surface area contributed by atoms with Crippen molar-refractivity contribution in [2.75, 3.05) is 7.11 Å². The number of carbonyl (C=O) groups is 1. The van der Waals surface area contributed by atoms with Gasteiger partial charge in [0.15, 0.2) is 5.78 Å². The Balaban J connectivity index is 0.00000162. The summed E-state index contributed by atoms with van der Waals surface area (Å²) in [6.07, 6.45) is 0. The van der Waals surface area contributed by atoms with Crippen molar-refractivity contribution in [1.29, 1.82) is 0 Å². The van der Waals surface area contributed by atoms with Gasteiger partial charge in [-0.05, 0) is 31.2 Å². The zero-order valence-electron chi connectivity index (χ0n) is 10.4. The number of thiazole rings is 1. The molecule has 0 bridgehead atoms. The number of halogens is 1. The summed E-state index contributed by atoms with van der Waals surface area (Å²) in [7, 11) is 1.64. The van der Waals surface area contributed by atoms with Crippen LogP contribution in [0.15, 0.2) is 24.3 Å². The molecule has 1 aromatic heterocycles. The Bertz CT molecular complexity index is 549. The first-order valence-electron chi connectivity index (χ1n) is 5.24. The van der Waals surface area contributed by atoms with E-state index in [1.807, 2.05) is 31.2 Å². The number of rotatable bonds is 3. The molecule has 2 aromatic rings. The highest BCUT2D eigenvalue weighted by molar-refractivity contribution is 7.17. The van der Waals surface area contributed by atoms with Crippen LogP contribution in [-0.4, -0.2) is 17.9 Å². The smallest absolute Gasteiger partial charge is 0.171 e. The molecule has 2 rings (SSSR count). The zero-order chi connectivity index (χ0) is 12.4. The molecule has 0 fully saturated rings. The van der Waals surface area contributed by atoms with Crippen LogP contribution in [0, 0.1) is 6.92 Å². The average Bonchev–Trinajstić information content (AvgIpc) is 2.71. The highest BCUT2D eigenvalue weighted by Gasteiger charge is 2.12. The van der Waals surface area contributed by atoms with Gasteiger partial charge in [-0.3, -0.25) is 4.79 Å². The van der Waals surface area contributed by atoms with Crippen molar-refractivity contribution in [3.8, 4) is 16.3 Å². The van der Waals surface area contributed by atoms with Crippen molar-refractivity contribution in [1.82, 2.24) is 4.98 Å². The van der Waals surface area contributed by atoms with Gasteiger partial charge in [0.1, 0.15) is 10.8 Å². The van der Waals surface area contributed by atoms with Gasteiger partial charge in [0.25, 0.3) is 0 Å². The van der Waals surface area contributed by atoms with Crippen molar-refractivity contribution in [3.05, 3.63) is 34.8 Å². The molecule has 1 heterocycles. The lowest BCUT2D eigenvalue weighted by atomic mass is 10.2. The molecule has 1 aromatic carbocycles. The van der Waals surface area contributed by atoms with Crippen molar-refractivity contribution >= 4 is 29.5 Å². The molecule has 0 radical (unpaired) electrons. The topological polar surface area (TPSA) is 39.2 Å². The van der Waals surface area contributed by atoms with Crippen molar-refractivity contribution < 1.29 is 9.53 Å². The molecule has 0 atom stereocenters. The van der Waals surface area contributed by atoms with Crippen LogP contribution < -0.4 is 4.74 Å². The molecule has 18 heavy (non-hydrogen) atoms. The summed E-state index contributed by atoms with van der Waals surface area (Å²) in [5, 5.41) is 0.871. The second kappa shape index (κ2) is 5.98. The first-order valence-corrected chi connectivity index (χ1v) is 6.06. The number of ether oxygens (including phenoxy) is 1. The van der Waals surface area contributed by atoms with Crippen molar-refractivity contribution in [2.45, 2.75) is 13.8 Å². The standard InChI is InChI=1S/C13H13NO2S.ClH/c1-8-12(9(2)15)17-13(14-8)10-4-6-11(16-3)7-5-10;/h4-7H,1-3H3;1H. The quantitative estimate of drug-likeness (QED) is 0.805. The number of Topliss-reactive ketones (excluding diaryl/α,β-unsaturated/α-hetero) is 1. The molecule has 5 heteroatoms. The highest BCUT2D eigenvalue weighted by atomic mass is 35.5. The third-order valence-corrected chi connectivity index (χ3v) is 3.76. The Morgan fingerprint density at radius 2 is 1.89 bits per heavy atom. The number of aryl methyl sites for hydroxylation is 1. The van der Waals surface area contributed by atoms with E-state index in [1.165, 1.54) is 11.3 Å². The Morgan fingerprint density at radius 1 is 1.28 bits per heavy atom. The van der Waals surface area contributed by atoms with Crippen molar-refractivity contribution in [2.24, 2.45) is 0 Å². The molecular formula is C13H14ClNO2S. The van der Waals surface area contributed by atoms with E-state index in [9.17, 15) is 4.79 Å². The van der Waals surface area contributed by atoms with Crippen LogP contribution in [0.2, 0.25) is 0 Å². The molecule has 0 aliphatic heterocycles. The van der Waals surface area contributed by atoms with E-state index < -0.39 is 0 Å². The number of aromatic nitrogens is 1. The Labute approximate surface area is 116 Å². The SMILES string of the molecule is COc1ccc(-c2nc(C)c(C(C)=O)s2)cc1.Cl. The molecule has 0 saturated heterocycles. The Morgan fingerprint density at radius 3 is 2.33 bits per heavy atom. The van der Waals surface area contributed by atoms with Gasteiger partial charge < -0.3 is 4.74 Å². The molecule has 3 nitrogen and oxygen atoms in total. The van der Waals surface area contributed by atoms with Crippen molar-refractivity contribution in [3.63, 3.8) is 0 Å². The van der Waals surface area contributed by atoms with E-state index in [0.717, 1.165) is 26.9 Å². The van der Waals surface area contributed by atoms with Gasteiger partial charge in [0, 0.05) is 12.5 Å². The predicted octanol–water partition coefficient (Wildman–Crippen LogP) is 3.75. The molecule has 0 aliphatic rings. The Kier molecular flexibility index (Phi) is 4.87. The first kappa shape index (κ1) is 14.7. The van der Waals surface area contributed by atoms with E-state index in [-0.39, 0.29) is 18.2 Å². The van der Waals surface area contributed by atoms with Gasteiger partial charge in [-0.25, -0.2) is 4.98 Å². The summed E-state index contributed by atoms with van der Waals surface area (Å²) in [6, 6.07) is 7.67. The molecule has 96 valence electrons. The predicted molar refractivity (Wildman–Crippen MR) is 76.1 cm³/mol. The van der Waals surface area contributed by atoms with Crippen LogP contribution in [0.3, 0.4) is 0 Å². The van der Waals surface area contributed by atoms with Gasteiger partial charge in [-0.2, -0.15) is 0 Å². The molecule has 0 N–H and O–H groups in total. The lowest BCUT2D eigenvalue weighted by Gasteiger charge is -1.99. The van der Waals surface area contributed by atoms with Gasteiger partial charge in [0.2, 0.25) is 0 Å². The normalized spacial score (nSPS) is 9.72. The highest BCUT2D eigenvalue weighted by Crippen LogP contribution is 2.29. The van der Waals surface area contributed by atoms with Crippen LogP contribution in [0.5, 0.6) is 5.75 Å². The maximum atomic E-state index is 11.4. The molecule has 0 spiro atoms. The first-order chi connectivity index (χ1) is 8.11. The third kappa shape index (κ3) is 2.89. The summed E-state index contributed by atoms with van der Waals surface area (Å²) >= 11 is 1.43. The van der Waals surface area contributed by atoms with Crippen LogP contribution in [0.25, 0.3) is 10.6 Å². The molecule has 0 amide bonds. The van der Waals surface area contributed by atoms with E-state index >= 15 is 0 Å². The second-order valence-corrected chi connectivity index (χ2v) is 4.72. The second-order valence-electron chi connectivity index (χ2n) is 3.72. The fourth-order valence-electron chi connectivity index (χ4n) is 1.58. The maximum Gasteiger partial charge on any atom is 0.171 e. The van der Waals surface area contributed by atoms with E-state index in [1.54, 1.807) is 14.0 Å². The van der Waals surface area contributed by atoms with Gasteiger partial charge in [-0.15, -0.1) is 23.7 Å². The number of hydrogen-bond donors (Lipinski definition) is 0. The minimum absolute atomic E-state index is 0. The number of ketones is 1. The fourth-order valence-corrected chi connectivity index (χ4v) is 2.55. The fraction of sp³-hybridized carbons (Fsp3) is 0.231. The monoisotopic (exact) mass is 283 g/mol. The molecule has 0 saturated carbocycles. The lowest BCUT2D eigenvalue weighted by molar-refractivity contribution is 0.102. The third-order valence-electron chi connectivity index (χ3n) is 2.45. The van der Waals surface area contributed by atoms with E-state index in [4.69, 9.17) is 4.74 Å². The lowest BCUT2D eigenvalue weighted by Crippen LogP contribution is -1.89. The molecular weight excluding hydrogens is 270 g/mol. The van der Waals surface area contributed by atoms with E-state index in [0.29, 0.717) is 0 Å². The summed E-state index contributed by atoms with van der Waals surface area (Å²) in [5.74, 6) is 0.883. The number of nitrogens with zero attached hydrogens (tertiary/aromatic N) is 1. The molecule has 0 aliphatic carbocycles. The van der Waals surface area contributed by atoms with E-state index in [2.05, 4.69) is 4.98 Å². The maximum absolute atomic E-state index is 11.4. The molecule has 0 unspecified atom stereocenters. The summed E-state index contributed by atoms with van der Waals surface area (Å²) in [4.78, 5) is 16.5. The van der Waals surface area contributed by atoms with Gasteiger partial charge >= 0.3 is 0 Å². The zero-order valence-corrected chi connectivity index (χ0v) is 12.0. The minimum Gasteiger partial charge on any atom is -0.497 e. The van der Waals surface area contributed by atoms with Gasteiger partial charge in [-0.1, -0.05) is 0 Å². The summed E-state index contributed by atoms with van der Waals surface area (Å²) in [6.45, 7) is 3.43.